The summed E-state index contributed by atoms with van der Waals surface area (Å²) in [5.74, 6) is 0.817. The van der Waals surface area contributed by atoms with Crippen molar-refractivity contribution in [3.05, 3.63) is 64.2 Å². The Morgan fingerprint density at radius 2 is 1.55 bits per heavy atom. The zero-order chi connectivity index (χ0) is 21.0. The van der Waals surface area contributed by atoms with Crippen molar-refractivity contribution in [1.82, 2.24) is 0 Å². The molecule has 0 bridgehead atoms. The van der Waals surface area contributed by atoms with Crippen LogP contribution in [0.5, 0.6) is 5.75 Å². The average molecular weight is 762 g/mol. The third-order valence-corrected chi connectivity index (χ3v) is 6.44. The van der Waals surface area contributed by atoms with Crippen LogP contribution >= 0.6 is 0 Å². The predicted octanol–water partition coefficient (Wildman–Crippen LogP) is 5.73. The van der Waals surface area contributed by atoms with E-state index in [0.29, 0.717) is 28.2 Å². The minimum Gasteiger partial charge on any atom is -0.508 e. The fourth-order valence-corrected chi connectivity index (χ4v) is 4.16. The molecule has 1 fully saturated rings. The van der Waals surface area contributed by atoms with Gasteiger partial charge in [0.2, 0.25) is 0 Å². The van der Waals surface area contributed by atoms with Crippen molar-refractivity contribution in [2.24, 2.45) is 5.92 Å². The van der Waals surface area contributed by atoms with Gasteiger partial charge in [-0.1, -0.05) is 37.6 Å². The molecular weight excluding hydrogens is 732 g/mol. The van der Waals surface area contributed by atoms with Gasteiger partial charge < -0.3 is 9.84 Å². The monoisotopic (exact) mass is 762 g/mol. The molecule has 0 spiro atoms. The first-order chi connectivity index (χ1) is 13.9. The zero-order valence-corrected chi connectivity index (χ0v) is 24.2. The van der Waals surface area contributed by atoms with Gasteiger partial charge in [0.15, 0.2) is 12.4 Å². The number of rotatable bonds is 6. The molecule has 1 aliphatic rings. The maximum Gasteiger partial charge on any atom is 0.338 e. The van der Waals surface area contributed by atoms with Gasteiger partial charge in [-0.25, -0.2) is 4.79 Å². The summed E-state index contributed by atoms with van der Waals surface area (Å²) in [6.45, 7) is 5.46. The van der Waals surface area contributed by atoms with Crippen molar-refractivity contribution >= 4 is 11.8 Å². The number of ketones is 1. The van der Waals surface area contributed by atoms with Gasteiger partial charge in [-0.05, 0) is 80.2 Å². The maximum absolute atomic E-state index is 12.4. The number of benzene rings is 2. The van der Waals surface area contributed by atoms with Crippen molar-refractivity contribution in [2.75, 3.05) is 6.61 Å². The van der Waals surface area contributed by atoms with Crippen LogP contribution < -0.4 is 0 Å². The minimum absolute atomic E-state index is 0. The molecule has 0 aromatic heterocycles. The Hall–Kier alpha value is -1.24. The van der Waals surface area contributed by atoms with E-state index in [9.17, 15) is 14.7 Å². The Labute approximate surface area is 213 Å². The van der Waals surface area contributed by atoms with E-state index in [2.05, 4.69) is 6.92 Å². The van der Waals surface area contributed by atoms with Gasteiger partial charge in [-0.15, -0.1) is 0 Å². The molecule has 2 aromatic carbocycles. The number of phenols is 1. The quantitative estimate of drug-likeness (QED) is 0.302. The van der Waals surface area contributed by atoms with Crippen molar-refractivity contribution in [1.29, 1.82) is 0 Å². The van der Waals surface area contributed by atoms with Crippen LogP contribution in [0.1, 0.15) is 82.4 Å². The average Bonchev–Trinajstić information content (AvgIpc) is 2.76. The van der Waals surface area contributed by atoms with E-state index in [0.717, 1.165) is 5.92 Å². The second-order valence-corrected chi connectivity index (χ2v) is 8.13. The number of hydrogen-bond donors (Lipinski definition) is 1. The Kier molecular flexibility index (Phi) is 11.4. The molecule has 0 atom stereocenters. The van der Waals surface area contributed by atoms with Crippen LogP contribution in [0.4, 0.5) is 0 Å². The fourth-order valence-electron chi connectivity index (χ4n) is 4.16. The van der Waals surface area contributed by atoms with Crippen LogP contribution in [0.25, 0.3) is 0 Å². The number of ether oxygens (including phenoxy) is 1. The van der Waals surface area contributed by atoms with Crippen molar-refractivity contribution < 1.29 is 61.6 Å². The summed E-state index contributed by atoms with van der Waals surface area (Å²) >= 11 is 0. The molecule has 4 nitrogen and oxygen atoms in total. The van der Waals surface area contributed by atoms with Gasteiger partial charge in [0.05, 0.1) is 5.56 Å². The van der Waals surface area contributed by atoms with Gasteiger partial charge in [-0.2, -0.15) is 0 Å². The Morgan fingerprint density at radius 1 is 0.935 bits per heavy atom. The fraction of sp³-hybridized carbons (Fsp3) is 0.440. The molecule has 0 saturated heterocycles. The number of Topliss-reactive ketones (excluding diaryl/α,β-unsaturated/α-hetero) is 1. The first-order valence-corrected chi connectivity index (χ1v) is 10.5. The van der Waals surface area contributed by atoms with Crippen molar-refractivity contribution in [3.8, 4) is 5.75 Å². The summed E-state index contributed by atoms with van der Waals surface area (Å²) < 4.78 is 5.22. The zero-order valence-electron chi connectivity index (χ0n) is 18.3. The molecule has 0 unspecified atom stereocenters. The van der Waals surface area contributed by atoms with Gasteiger partial charge >= 0.3 is 5.97 Å². The Balaban J connectivity index is 0.00000240. The number of carbonyl (C=O) groups is 2. The molecule has 31 heavy (non-hydrogen) atoms. The Bertz CT molecular complexity index is 885. The van der Waals surface area contributed by atoms with E-state index in [1.165, 1.54) is 49.8 Å². The first-order valence-electron chi connectivity index (χ1n) is 10.5. The van der Waals surface area contributed by atoms with E-state index < -0.39 is 5.97 Å². The summed E-state index contributed by atoms with van der Waals surface area (Å²) in [6, 6.07) is 10.7. The number of esters is 1. The number of phenolic OH excluding ortho intramolecular Hbond substituents is 1. The van der Waals surface area contributed by atoms with Crippen molar-refractivity contribution in [2.45, 2.75) is 58.8 Å². The SMILES string of the molecule is CCC1CCC(c2ccc(C(=O)COC(=O)c3ccc(O)c(C)c3C)cc2)CC1.[W].[W]. The molecule has 1 saturated carbocycles. The number of aromatic hydroxyl groups is 1. The summed E-state index contributed by atoms with van der Waals surface area (Å²) in [7, 11) is 0. The summed E-state index contributed by atoms with van der Waals surface area (Å²) in [5, 5.41) is 9.71. The third kappa shape index (κ3) is 6.87. The first kappa shape index (κ1) is 27.8. The summed E-state index contributed by atoms with van der Waals surface area (Å²) in [4.78, 5) is 24.8. The molecule has 0 aliphatic heterocycles. The van der Waals surface area contributed by atoms with Gasteiger partial charge in [-0.3, -0.25) is 4.79 Å². The third-order valence-electron chi connectivity index (χ3n) is 6.44. The Morgan fingerprint density at radius 3 is 2.13 bits per heavy atom. The molecule has 6 heteroatoms. The van der Waals surface area contributed by atoms with E-state index in [-0.39, 0.29) is 60.3 Å². The van der Waals surface area contributed by atoms with Crippen LogP contribution in [0, 0.1) is 19.8 Å². The van der Waals surface area contributed by atoms with Crippen LogP contribution in [0.2, 0.25) is 0 Å². The topological polar surface area (TPSA) is 63.6 Å². The second-order valence-electron chi connectivity index (χ2n) is 8.13. The molecule has 166 valence electrons. The standard InChI is InChI=1S/C25H30O4.2W/c1-4-18-5-7-19(8-6-18)20-9-11-21(12-10-20)24(27)15-29-25(28)22-13-14-23(26)17(3)16(22)2;;/h9-14,18-19,26H,4-8,15H2,1-3H3;;. The van der Waals surface area contributed by atoms with E-state index in [1.807, 2.05) is 24.3 Å². The minimum atomic E-state index is -0.553. The summed E-state index contributed by atoms with van der Waals surface area (Å²) in [6.07, 6.45) is 6.27. The van der Waals surface area contributed by atoms with E-state index >= 15 is 0 Å². The molecule has 1 N–H and O–H groups in total. The van der Waals surface area contributed by atoms with Crippen LogP contribution in [0.15, 0.2) is 36.4 Å². The molecule has 0 heterocycles. The molecule has 0 amide bonds. The second kappa shape index (κ2) is 12.7. The number of carbonyl (C=O) groups excluding carboxylic acids is 2. The predicted molar refractivity (Wildman–Crippen MR) is 114 cm³/mol. The van der Waals surface area contributed by atoms with Gasteiger partial charge in [0, 0.05) is 47.7 Å². The van der Waals surface area contributed by atoms with Crippen LogP contribution in [0.3, 0.4) is 0 Å². The molecule has 1 aliphatic carbocycles. The normalized spacial score (nSPS) is 17.8. The molecule has 3 rings (SSSR count). The number of hydrogen-bond acceptors (Lipinski definition) is 4. The molecule has 2 aromatic rings. The van der Waals surface area contributed by atoms with E-state index in [1.54, 1.807) is 13.8 Å². The van der Waals surface area contributed by atoms with Gasteiger partial charge in [0.1, 0.15) is 5.75 Å². The largest absolute Gasteiger partial charge is 0.508 e. The van der Waals surface area contributed by atoms with Gasteiger partial charge in [0.25, 0.3) is 0 Å². The van der Waals surface area contributed by atoms with Crippen LogP contribution in [-0.4, -0.2) is 23.5 Å². The molecular formula is C25H30O4W2. The van der Waals surface area contributed by atoms with Crippen molar-refractivity contribution in [3.63, 3.8) is 0 Å². The maximum atomic E-state index is 12.4. The summed E-state index contributed by atoms with van der Waals surface area (Å²) in [5.41, 5.74) is 3.51. The molecule has 0 radical (unpaired) electrons. The van der Waals surface area contributed by atoms with E-state index in [4.69, 9.17) is 4.74 Å². The van der Waals surface area contributed by atoms with Crippen LogP contribution in [-0.2, 0) is 46.9 Å². The smallest absolute Gasteiger partial charge is 0.338 e.